The van der Waals surface area contributed by atoms with E-state index in [1.54, 1.807) is 0 Å². The van der Waals surface area contributed by atoms with Crippen molar-refractivity contribution in [1.29, 1.82) is 0 Å². The standard InChI is InChI=1S/C18H33N/c1-6-17(2)14-12-15-18(3)13-10-8-7-9-11-16-19(4)5/h6,15H,1-2,7-14,16H2,3-5H3/b18-15+. The fourth-order valence-electron chi connectivity index (χ4n) is 2.07. The highest BCUT2D eigenvalue weighted by molar-refractivity contribution is 5.12. The van der Waals surface area contributed by atoms with Gasteiger partial charge in [-0.3, -0.25) is 0 Å². The topological polar surface area (TPSA) is 3.24 Å². The highest BCUT2D eigenvalue weighted by atomic mass is 15.0. The molecule has 0 aliphatic rings. The van der Waals surface area contributed by atoms with E-state index in [2.05, 4.69) is 45.2 Å². The van der Waals surface area contributed by atoms with Gasteiger partial charge in [0.05, 0.1) is 0 Å². The number of nitrogens with zero attached hydrogens (tertiary/aromatic N) is 1. The molecule has 1 heteroatoms. The van der Waals surface area contributed by atoms with Gasteiger partial charge in [-0.05, 0) is 59.7 Å². The van der Waals surface area contributed by atoms with Crippen molar-refractivity contribution in [3.05, 3.63) is 36.5 Å². The number of allylic oxidation sites excluding steroid dienone is 4. The molecule has 0 aromatic rings. The molecule has 0 amide bonds. The summed E-state index contributed by atoms with van der Waals surface area (Å²) in [5.74, 6) is 0. The van der Waals surface area contributed by atoms with Gasteiger partial charge < -0.3 is 4.90 Å². The van der Waals surface area contributed by atoms with Gasteiger partial charge in [0.1, 0.15) is 0 Å². The molecule has 0 heterocycles. The minimum Gasteiger partial charge on any atom is -0.309 e. The first-order chi connectivity index (χ1) is 9.06. The Kier molecular flexibility index (Phi) is 11.7. The average Bonchev–Trinajstić information content (AvgIpc) is 2.37. The third kappa shape index (κ3) is 13.4. The van der Waals surface area contributed by atoms with Crippen molar-refractivity contribution in [2.45, 2.75) is 58.3 Å². The molecule has 0 aliphatic heterocycles. The monoisotopic (exact) mass is 263 g/mol. The van der Waals surface area contributed by atoms with Gasteiger partial charge in [-0.25, -0.2) is 0 Å². The number of hydrogen-bond acceptors (Lipinski definition) is 1. The second kappa shape index (κ2) is 12.2. The van der Waals surface area contributed by atoms with E-state index < -0.39 is 0 Å². The molecule has 19 heavy (non-hydrogen) atoms. The average molecular weight is 263 g/mol. The minimum absolute atomic E-state index is 1.05. The molecule has 0 unspecified atom stereocenters. The summed E-state index contributed by atoms with van der Waals surface area (Å²) in [6.45, 7) is 11.1. The summed E-state index contributed by atoms with van der Waals surface area (Å²) in [5.41, 5.74) is 2.68. The molecule has 110 valence electrons. The summed E-state index contributed by atoms with van der Waals surface area (Å²) in [6.07, 6.45) is 14.4. The first-order valence-electron chi connectivity index (χ1n) is 7.67. The van der Waals surface area contributed by atoms with E-state index in [1.807, 2.05) is 6.08 Å². The van der Waals surface area contributed by atoms with Crippen LogP contribution in [0.1, 0.15) is 58.3 Å². The molecule has 0 aromatic heterocycles. The second-order valence-corrected chi connectivity index (χ2v) is 5.77. The van der Waals surface area contributed by atoms with Gasteiger partial charge in [-0.1, -0.05) is 55.7 Å². The quantitative estimate of drug-likeness (QED) is 0.260. The Morgan fingerprint density at radius 3 is 2.26 bits per heavy atom. The Morgan fingerprint density at radius 1 is 1.00 bits per heavy atom. The Hall–Kier alpha value is -0.820. The predicted octanol–water partition coefficient (Wildman–Crippen LogP) is 5.36. The largest absolute Gasteiger partial charge is 0.309 e. The van der Waals surface area contributed by atoms with Crippen LogP contribution in [0, 0.1) is 0 Å². The van der Waals surface area contributed by atoms with Crippen LogP contribution in [0.25, 0.3) is 0 Å². The summed E-state index contributed by atoms with van der Waals surface area (Å²) in [6, 6.07) is 0. The smallest absolute Gasteiger partial charge is 0.00248 e. The summed E-state index contributed by atoms with van der Waals surface area (Å²) >= 11 is 0. The second-order valence-electron chi connectivity index (χ2n) is 5.77. The van der Waals surface area contributed by atoms with Crippen molar-refractivity contribution in [3.8, 4) is 0 Å². The van der Waals surface area contributed by atoms with Gasteiger partial charge in [-0.2, -0.15) is 0 Å². The zero-order valence-electron chi connectivity index (χ0n) is 13.4. The summed E-state index contributed by atoms with van der Waals surface area (Å²) in [4.78, 5) is 2.27. The van der Waals surface area contributed by atoms with Crippen LogP contribution in [-0.4, -0.2) is 25.5 Å². The molecule has 0 spiro atoms. The normalized spacial score (nSPS) is 11.9. The van der Waals surface area contributed by atoms with Gasteiger partial charge in [0.15, 0.2) is 0 Å². The van der Waals surface area contributed by atoms with Gasteiger partial charge in [-0.15, -0.1) is 0 Å². The van der Waals surface area contributed by atoms with Crippen molar-refractivity contribution < 1.29 is 0 Å². The maximum Gasteiger partial charge on any atom is -0.00248 e. The molecule has 0 bridgehead atoms. The van der Waals surface area contributed by atoms with E-state index in [9.17, 15) is 0 Å². The van der Waals surface area contributed by atoms with Crippen LogP contribution in [0.5, 0.6) is 0 Å². The van der Waals surface area contributed by atoms with E-state index in [1.165, 1.54) is 50.6 Å². The fraction of sp³-hybridized carbons (Fsp3) is 0.667. The van der Waals surface area contributed by atoms with Crippen molar-refractivity contribution >= 4 is 0 Å². The Balaban J connectivity index is 3.42. The van der Waals surface area contributed by atoms with Gasteiger partial charge in [0.25, 0.3) is 0 Å². The lowest BCUT2D eigenvalue weighted by atomic mass is 10.0. The Bertz CT molecular complexity index is 273. The summed E-state index contributed by atoms with van der Waals surface area (Å²) in [7, 11) is 4.30. The van der Waals surface area contributed by atoms with Crippen LogP contribution in [0.4, 0.5) is 0 Å². The van der Waals surface area contributed by atoms with Crippen LogP contribution in [0.3, 0.4) is 0 Å². The highest BCUT2D eigenvalue weighted by Gasteiger charge is 1.94. The molecule has 0 aromatic carbocycles. The molecular formula is C18H33N. The third-order valence-corrected chi connectivity index (χ3v) is 3.42. The van der Waals surface area contributed by atoms with Crippen molar-refractivity contribution in [3.63, 3.8) is 0 Å². The van der Waals surface area contributed by atoms with Crippen LogP contribution in [0.15, 0.2) is 36.5 Å². The zero-order chi connectivity index (χ0) is 14.5. The predicted molar refractivity (Wildman–Crippen MR) is 88.6 cm³/mol. The number of rotatable bonds is 12. The molecule has 0 saturated carbocycles. The number of hydrogen-bond donors (Lipinski definition) is 0. The van der Waals surface area contributed by atoms with Gasteiger partial charge in [0, 0.05) is 0 Å². The van der Waals surface area contributed by atoms with Crippen molar-refractivity contribution in [2.75, 3.05) is 20.6 Å². The highest BCUT2D eigenvalue weighted by Crippen LogP contribution is 2.13. The summed E-state index contributed by atoms with van der Waals surface area (Å²) in [5, 5.41) is 0. The van der Waals surface area contributed by atoms with Crippen LogP contribution < -0.4 is 0 Å². The molecule has 1 nitrogen and oxygen atoms in total. The van der Waals surface area contributed by atoms with Crippen molar-refractivity contribution in [1.82, 2.24) is 4.90 Å². The molecule has 0 rings (SSSR count). The molecule has 0 radical (unpaired) electrons. The Morgan fingerprint density at radius 2 is 1.63 bits per heavy atom. The van der Waals surface area contributed by atoms with E-state index in [-0.39, 0.29) is 0 Å². The third-order valence-electron chi connectivity index (χ3n) is 3.42. The SMILES string of the molecule is C=CC(=C)CC/C=C(\C)CCCCCCCN(C)C. The van der Waals surface area contributed by atoms with Crippen molar-refractivity contribution in [2.24, 2.45) is 0 Å². The minimum atomic E-state index is 1.05. The van der Waals surface area contributed by atoms with E-state index in [4.69, 9.17) is 0 Å². The summed E-state index contributed by atoms with van der Waals surface area (Å²) < 4.78 is 0. The molecule has 0 aliphatic carbocycles. The lowest BCUT2D eigenvalue weighted by Gasteiger charge is -2.08. The molecule has 0 saturated heterocycles. The van der Waals surface area contributed by atoms with Crippen LogP contribution in [-0.2, 0) is 0 Å². The van der Waals surface area contributed by atoms with Crippen LogP contribution in [0.2, 0.25) is 0 Å². The molecule has 0 fully saturated rings. The Labute approximate surface area is 121 Å². The van der Waals surface area contributed by atoms with E-state index in [0.29, 0.717) is 0 Å². The van der Waals surface area contributed by atoms with Crippen LogP contribution >= 0.6 is 0 Å². The fourth-order valence-corrected chi connectivity index (χ4v) is 2.07. The first kappa shape index (κ1) is 18.2. The lowest BCUT2D eigenvalue weighted by Crippen LogP contribution is -2.12. The zero-order valence-corrected chi connectivity index (χ0v) is 13.4. The van der Waals surface area contributed by atoms with E-state index >= 15 is 0 Å². The lowest BCUT2D eigenvalue weighted by molar-refractivity contribution is 0.389. The molecule has 0 atom stereocenters. The van der Waals surface area contributed by atoms with Gasteiger partial charge in [0.2, 0.25) is 0 Å². The van der Waals surface area contributed by atoms with E-state index in [0.717, 1.165) is 18.4 Å². The maximum atomic E-state index is 3.94. The van der Waals surface area contributed by atoms with Gasteiger partial charge >= 0.3 is 0 Å². The molecular weight excluding hydrogens is 230 g/mol. The first-order valence-corrected chi connectivity index (χ1v) is 7.67. The number of unbranched alkanes of at least 4 members (excludes halogenated alkanes) is 4. The molecule has 0 N–H and O–H groups in total. The maximum absolute atomic E-state index is 3.94.